The highest BCUT2D eigenvalue weighted by Gasteiger charge is 1.95. The first-order chi connectivity index (χ1) is 12.3. The minimum Gasteiger partial charge on any atom is -0.0840 e. The summed E-state index contributed by atoms with van der Waals surface area (Å²) in [5, 5.41) is 0.856. The number of hydrogen-bond donors (Lipinski definition) is 0. The minimum absolute atomic E-state index is 0.856. The van der Waals surface area contributed by atoms with Gasteiger partial charge in [0.1, 0.15) is 0 Å². The van der Waals surface area contributed by atoms with E-state index in [1.54, 1.807) is 0 Å². The van der Waals surface area contributed by atoms with Gasteiger partial charge < -0.3 is 0 Å². The molecule has 0 saturated heterocycles. The Hall–Kier alpha value is -2.05. The first-order valence-corrected chi connectivity index (χ1v) is 9.52. The molecule has 0 heterocycles. The van der Waals surface area contributed by atoms with Crippen LogP contribution < -0.4 is 0 Å². The van der Waals surface area contributed by atoms with Crippen molar-refractivity contribution >= 4 is 11.6 Å². The van der Waals surface area contributed by atoms with Gasteiger partial charge >= 0.3 is 0 Å². The van der Waals surface area contributed by atoms with E-state index < -0.39 is 0 Å². The minimum atomic E-state index is 0.856. The molecule has 26 heavy (non-hydrogen) atoms. The summed E-state index contributed by atoms with van der Waals surface area (Å²) in [4.78, 5) is 0. The predicted molar refractivity (Wildman–Crippen MR) is 117 cm³/mol. The largest absolute Gasteiger partial charge is 0.0840 e. The van der Waals surface area contributed by atoms with E-state index in [0.717, 1.165) is 17.0 Å². The summed E-state index contributed by atoms with van der Waals surface area (Å²) in [6, 6.07) is 22.8. The number of halogens is 1. The van der Waals surface area contributed by atoms with Crippen LogP contribution in [0.5, 0.6) is 0 Å². The number of benzene rings is 3. The van der Waals surface area contributed by atoms with Gasteiger partial charge in [-0.2, -0.15) is 0 Å². The topological polar surface area (TPSA) is 0 Å². The lowest BCUT2D eigenvalue weighted by atomic mass is 10.0. The fourth-order valence-corrected chi connectivity index (χ4v) is 2.66. The van der Waals surface area contributed by atoms with E-state index in [-0.39, 0.29) is 0 Å². The Bertz CT molecular complexity index is 789. The van der Waals surface area contributed by atoms with Gasteiger partial charge in [0.25, 0.3) is 0 Å². The van der Waals surface area contributed by atoms with E-state index in [4.69, 9.17) is 11.6 Å². The van der Waals surface area contributed by atoms with Crippen molar-refractivity contribution in [1.29, 1.82) is 0 Å². The Kier molecular flexibility index (Phi) is 9.76. The number of hydrogen-bond acceptors (Lipinski definition) is 0. The molecule has 138 valence electrons. The molecule has 0 N–H and O–H groups in total. The van der Waals surface area contributed by atoms with Crippen LogP contribution in [0.25, 0.3) is 0 Å². The van der Waals surface area contributed by atoms with Crippen molar-refractivity contribution in [3.63, 3.8) is 0 Å². The van der Waals surface area contributed by atoms with Crippen molar-refractivity contribution in [2.45, 2.75) is 48.0 Å². The Morgan fingerprint density at radius 3 is 1.73 bits per heavy atom. The highest BCUT2D eigenvalue weighted by molar-refractivity contribution is 6.31. The Balaban J connectivity index is 0.000000198. The third-order valence-corrected chi connectivity index (χ3v) is 4.77. The average molecular weight is 367 g/mol. The summed E-state index contributed by atoms with van der Waals surface area (Å²) in [5.74, 6) is 0. The molecule has 3 aromatic rings. The molecule has 0 aliphatic rings. The quantitative estimate of drug-likeness (QED) is 0.411. The second-order valence-electron chi connectivity index (χ2n) is 6.62. The molecule has 1 heteroatoms. The molecule has 0 aromatic heterocycles. The standard InChI is InChI=1S/C10H14.C8H9Cl.C7H8/c1-4-10-7-5-6-8(2)9(10)3;1-6-3-4-7(2)8(9)5-6;1-7-5-3-2-4-6-7/h5-7H,4H2,1-3H3;3-5H,1-2H3;2-6H,1H3. The normalized spacial score (nSPS) is 9.50. The molecule has 0 unspecified atom stereocenters. The highest BCUT2D eigenvalue weighted by Crippen LogP contribution is 2.15. The second-order valence-corrected chi connectivity index (χ2v) is 7.03. The molecular formula is C25H31Cl. The molecule has 0 aliphatic heterocycles. The maximum Gasteiger partial charge on any atom is 0.0437 e. The SMILES string of the molecule is CCc1cccc(C)c1C.Cc1ccc(C)c(Cl)c1.Cc1ccccc1. The van der Waals surface area contributed by atoms with Crippen molar-refractivity contribution in [1.82, 2.24) is 0 Å². The van der Waals surface area contributed by atoms with Crippen LogP contribution >= 0.6 is 11.6 Å². The van der Waals surface area contributed by atoms with Gasteiger partial charge in [-0.1, -0.05) is 84.8 Å². The molecule has 3 aromatic carbocycles. The smallest absolute Gasteiger partial charge is 0.0437 e. The van der Waals surface area contributed by atoms with Crippen molar-refractivity contribution in [3.05, 3.63) is 105 Å². The lowest BCUT2D eigenvalue weighted by molar-refractivity contribution is 1.09. The molecule has 0 amide bonds. The van der Waals surface area contributed by atoms with Crippen molar-refractivity contribution in [2.75, 3.05) is 0 Å². The van der Waals surface area contributed by atoms with E-state index in [9.17, 15) is 0 Å². The average Bonchev–Trinajstić information content (AvgIpc) is 2.63. The molecule has 0 saturated carbocycles. The summed E-state index contributed by atoms with van der Waals surface area (Å²) in [6.07, 6.45) is 1.15. The zero-order valence-corrected chi connectivity index (χ0v) is 17.7. The van der Waals surface area contributed by atoms with Crippen molar-refractivity contribution in [2.24, 2.45) is 0 Å². The van der Waals surface area contributed by atoms with Gasteiger partial charge in [0.2, 0.25) is 0 Å². The molecule has 0 bridgehead atoms. The van der Waals surface area contributed by atoms with Gasteiger partial charge in [-0.3, -0.25) is 0 Å². The lowest BCUT2D eigenvalue weighted by Crippen LogP contribution is -1.88. The summed E-state index contributed by atoms with van der Waals surface area (Å²) in [7, 11) is 0. The van der Waals surface area contributed by atoms with E-state index in [1.165, 1.54) is 27.8 Å². The molecule has 0 fully saturated rings. The molecule has 3 rings (SSSR count). The molecule has 0 nitrogen and oxygen atoms in total. The van der Waals surface area contributed by atoms with Gasteiger partial charge in [-0.15, -0.1) is 0 Å². The Labute approximate surface area is 164 Å². The zero-order valence-electron chi connectivity index (χ0n) is 16.9. The first-order valence-electron chi connectivity index (χ1n) is 9.14. The van der Waals surface area contributed by atoms with Crippen LogP contribution in [-0.4, -0.2) is 0 Å². The molecular weight excluding hydrogens is 336 g/mol. The fourth-order valence-electron chi connectivity index (χ4n) is 2.43. The second kappa shape index (κ2) is 11.5. The van der Waals surface area contributed by atoms with Crippen molar-refractivity contribution < 1.29 is 0 Å². The number of rotatable bonds is 1. The van der Waals surface area contributed by atoms with Crippen LogP contribution in [0.2, 0.25) is 5.02 Å². The van der Waals surface area contributed by atoms with Gasteiger partial charge in [-0.05, 0) is 74.9 Å². The van der Waals surface area contributed by atoms with E-state index in [1.807, 2.05) is 44.2 Å². The maximum atomic E-state index is 5.81. The first kappa shape index (κ1) is 22.0. The molecule has 0 radical (unpaired) electrons. The van der Waals surface area contributed by atoms with Crippen LogP contribution in [0, 0.1) is 34.6 Å². The predicted octanol–water partition coefficient (Wildman–Crippen LogP) is 7.82. The van der Waals surface area contributed by atoms with Gasteiger partial charge in [-0.25, -0.2) is 0 Å². The van der Waals surface area contributed by atoms with Crippen LogP contribution in [0.1, 0.15) is 40.3 Å². The van der Waals surface area contributed by atoms with Gasteiger partial charge in [0, 0.05) is 5.02 Å². The van der Waals surface area contributed by atoms with E-state index in [2.05, 4.69) is 64.1 Å². The van der Waals surface area contributed by atoms with Crippen molar-refractivity contribution in [3.8, 4) is 0 Å². The Morgan fingerprint density at radius 2 is 1.31 bits per heavy atom. The Morgan fingerprint density at radius 1 is 0.654 bits per heavy atom. The maximum absolute atomic E-state index is 5.81. The van der Waals surface area contributed by atoms with Crippen LogP contribution in [0.4, 0.5) is 0 Å². The highest BCUT2D eigenvalue weighted by atomic mass is 35.5. The summed E-state index contributed by atoms with van der Waals surface area (Å²) in [6.45, 7) is 12.7. The summed E-state index contributed by atoms with van der Waals surface area (Å²) < 4.78 is 0. The third-order valence-electron chi connectivity index (χ3n) is 4.37. The van der Waals surface area contributed by atoms with Crippen LogP contribution in [0.15, 0.2) is 66.7 Å². The van der Waals surface area contributed by atoms with Gasteiger partial charge in [0.15, 0.2) is 0 Å². The van der Waals surface area contributed by atoms with Crippen LogP contribution in [-0.2, 0) is 6.42 Å². The molecule has 0 aliphatic carbocycles. The van der Waals surface area contributed by atoms with E-state index in [0.29, 0.717) is 0 Å². The fraction of sp³-hybridized carbons (Fsp3) is 0.280. The summed E-state index contributed by atoms with van der Waals surface area (Å²) in [5.41, 5.74) is 8.00. The monoisotopic (exact) mass is 366 g/mol. The zero-order chi connectivity index (χ0) is 19.5. The van der Waals surface area contributed by atoms with E-state index >= 15 is 0 Å². The number of aryl methyl sites for hydroxylation is 5. The molecule has 0 atom stereocenters. The third kappa shape index (κ3) is 7.89. The van der Waals surface area contributed by atoms with Crippen LogP contribution in [0.3, 0.4) is 0 Å². The lowest BCUT2D eigenvalue weighted by Gasteiger charge is -2.04. The summed E-state index contributed by atoms with van der Waals surface area (Å²) >= 11 is 5.81. The molecule has 0 spiro atoms. The van der Waals surface area contributed by atoms with Gasteiger partial charge in [0.05, 0.1) is 0 Å².